The van der Waals surface area contributed by atoms with Crippen LogP contribution in [0.1, 0.15) is 31.2 Å². The number of nitrogens with zero attached hydrogens (tertiary/aromatic N) is 2. The van der Waals surface area contributed by atoms with Crippen LogP contribution in [0.3, 0.4) is 0 Å². The fraction of sp³-hybridized carbons (Fsp3) is 0.611. The van der Waals surface area contributed by atoms with E-state index in [1.54, 1.807) is 18.0 Å². The molecule has 2 N–H and O–H groups in total. The van der Waals surface area contributed by atoms with Crippen LogP contribution in [-0.2, 0) is 0 Å². The maximum absolute atomic E-state index is 13.3. The third kappa shape index (κ3) is 7.81. The first-order valence-electron chi connectivity index (χ1n) is 8.81. The van der Waals surface area contributed by atoms with Gasteiger partial charge >= 0.3 is 0 Å². The third-order valence-corrected chi connectivity index (χ3v) is 4.64. The first kappa shape index (κ1) is 23.9. The van der Waals surface area contributed by atoms with E-state index in [-0.39, 0.29) is 42.5 Å². The molecule has 2 rings (SSSR count). The summed E-state index contributed by atoms with van der Waals surface area (Å²) in [5.74, 6) is -1.12. The van der Waals surface area contributed by atoms with Gasteiger partial charge in [-0.25, -0.2) is 17.6 Å². The first-order valence-corrected chi connectivity index (χ1v) is 8.81. The average molecular weight is 502 g/mol. The lowest BCUT2D eigenvalue weighted by atomic mass is 10.0. The van der Waals surface area contributed by atoms with E-state index in [1.807, 2.05) is 6.92 Å². The van der Waals surface area contributed by atoms with Crippen molar-refractivity contribution in [1.82, 2.24) is 15.5 Å². The van der Waals surface area contributed by atoms with Crippen molar-refractivity contribution in [3.8, 4) is 0 Å². The molecule has 1 aromatic rings. The van der Waals surface area contributed by atoms with Crippen LogP contribution in [0.5, 0.6) is 0 Å². The molecule has 1 atom stereocenters. The zero-order valence-corrected chi connectivity index (χ0v) is 17.9. The van der Waals surface area contributed by atoms with Crippen molar-refractivity contribution >= 4 is 29.9 Å². The minimum Gasteiger partial charge on any atom is -0.356 e. The Morgan fingerprint density at radius 3 is 2.44 bits per heavy atom. The van der Waals surface area contributed by atoms with Crippen LogP contribution in [0.4, 0.5) is 17.6 Å². The number of rotatable bonds is 6. The standard InChI is InChI=1S/C18H26F4N4.HI/c1-12(13-3-4-15(19)16(20)9-13)10-24-18(23-2)25-14-5-7-26(8-6-14)11-17(21)22;/h3-4,9,12,14,17H,5-8,10-11H2,1-2H3,(H2,23,24,25);1H. The summed E-state index contributed by atoms with van der Waals surface area (Å²) in [4.78, 5) is 5.94. The highest BCUT2D eigenvalue weighted by molar-refractivity contribution is 14.0. The van der Waals surface area contributed by atoms with E-state index >= 15 is 0 Å². The highest BCUT2D eigenvalue weighted by Crippen LogP contribution is 2.17. The number of likely N-dealkylation sites (tertiary alicyclic amines) is 1. The third-order valence-electron chi connectivity index (χ3n) is 4.64. The number of benzene rings is 1. The monoisotopic (exact) mass is 502 g/mol. The van der Waals surface area contributed by atoms with Crippen molar-refractivity contribution in [3.05, 3.63) is 35.4 Å². The Morgan fingerprint density at radius 1 is 1.22 bits per heavy atom. The molecule has 1 aliphatic rings. The molecule has 1 unspecified atom stereocenters. The van der Waals surface area contributed by atoms with Gasteiger partial charge in [-0.05, 0) is 36.5 Å². The number of alkyl halides is 2. The molecule has 0 saturated carbocycles. The van der Waals surface area contributed by atoms with E-state index in [2.05, 4.69) is 15.6 Å². The molecule has 4 nitrogen and oxygen atoms in total. The highest BCUT2D eigenvalue weighted by atomic mass is 127. The Bertz CT molecular complexity index is 607. The van der Waals surface area contributed by atoms with E-state index in [0.29, 0.717) is 31.2 Å². The molecule has 0 bridgehead atoms. The number of piperidine rings is 1. The number of guanidine groups is 1. The smallest absolute Gasteiger partial charge is 0.251 e. The molecule has 0 radical (unpaired) electrons. The van der Waals surface area contributed by atoms with Crippen LogP contribution in [0.15, 0.2) is 23.2 Å². The molecule has 1 heterocycles. The van der Waals surface area contributed by atoms with Gasteiger partial charge in [0.1, 0.15) is 0 Å². The molecule has 27 heavy (non-hydrogen) atoms. The minimum atomic E-state index is -2.30. The lowest BCUT2D eigenvalue weighted by Gasteiger charge is -2.32. The molecular formula is C18H27F4IN4. The zero-order valence-electron chi connectivity index (χ0n) is 15.5. The van der Waals surface area contributed by atoms with Gasteiger partial charge in [0.25, 0.3) is 6.43 Å². The number of nitrogens with one attached hydrogen (secondary N) is 2. The van der Waals surface area contributed by atoms with Crippen molar-refractivity contribution in [2.45, 2.75) is 38.2 Å². The second kappa shape index (κ2) is 11.7. The van der Waals surface area contributed by atoms with Crippen LogP contribution in [0.2, 0.25) is 0 Å². The predicted molar refractivity (Wildman–Crippen MR) is 110 cm³/mol. The average Bonchev–Trinajstić information content (AvgIpc) is 2.61. The van der Waals surface area contributed by atoms with Crippen LogP contribution < -0.4 is 10.6 Å². The van der Waals surface area contributed by atoms with Crippen LogP contribution in [-0.4, -0.2) is 56.6 Å². The predicted octanol–water partition coefficient (Wildman–Crippen LogP) is 3.58. The highest BCUT2D eigenvalue weighted by Gasteiger charge is 2.22. The lowest BCUT2D eigenvalue weighted by molar-refractivity contribution is 0.0744. The topological polar surface area (TPSA) is 39.7 Å². The zero-order chi connectivity index (χ0) is 19.1. The van der Waals surface area contributed by atoms with Gasteiger partial charge in [0.05, 0.1) is 6.54 Å². The maximum atomic E-state index is 13.3. The van der Waals surface area contributed by atoms with E-state index in [0.717, 1.165) is 18.9 Å². The van der Waals surface area contributed by atoms with E-state index in [4.69, 9.17) is 0 Å². The maximum Gasteiger partial charge on any atom is 0.251 e. The van der Waals surface area contributed by atoms with Crippen LogP contribution in [0.25, 0.3) is 0 Å². The molecule has 1 fully saturated rings. The molecule has 1 aliphatic heterocycles. The summed E-state index contributed by atoms with van der Waals surface area (Å²) in [6, 6.07) is 4.08. The molecule has 0 spiro atoms. The minimum absolute atomic E-state index is 0. The number of halogens is 5. The largest absolute Gasteiger partial charge is 0.356 e. The van der Waals surface area contributed by atoms with E-state index < -0.39 is 18.1 Å². The van der Waals surface area contributed by atoms with Crippen molar-refractivity contribution in [1.29, 1.82) is 0 Å². The normalized spacial score (nSPS) is 17.5. The summed E-state index contributed by atoms with van der Waals surface area (Å²) in [6.07, 6.45) is -0.759. The number of aliphatic imine (C=N–C) groups is 1. The van der Waals surface area contributed by atoms with E-state index in [1.165, 1.54) is 6.07 Å². The summed E-state index contributed by atoms with van der Waals surface area (Å²) in [7, 11) is 1.66. The summed E-state index contributed by atoms with van der Waals surface area (Å²) in [5, 5.41) is 6.48. The van der Waals surface area contributed by atoms with E-state index in [9.17, 15) is 17.6 Å². The fourth-order valence-electron chi connectivity index (χ4n) is 3.03. The molecular weight excluding hydrogens is 475 g/mol. The Labute approximate surface area is 174 Å². The lowest BCUT2D eigenvalue weighted by Crippen LogP contribution is -2.49. The van der Waals surface area contributed by atoms with Crippen molar-refractivity contribution in [2.75, 3.05) is 33.2 Å². The molecule has 0 aliphatic carbocycles. The summed E-state index contributed by atoms with van der Waals surface area (Å²) >= 11 is 0. The SMILES string of the molecule is CN=C(NCC(C)c1ccc(F)c(F)c1)NC1CCN(CC(F)F)CC1.I. The van der Waals surface area contributed by atoms with Gasteiger partial charge in [0.2, 0.25) is 0 Å². The fourth-order valence-corrected chi connectivity index (χ4v) is 3.03. The van der Waals surface area contributed by atoms with Gasteiger partial charge in [0, 0.05) is 32.7 Å². The first-order chi connectivity index (χ1) is 12.4. The van der Waals surface area contributed by atoms with Crippen molar-refractivity contribution < 1.29 is 17.6 Å². The number of hydrogen-bond acceptors (Lipinski definition) is 2. The quantitative estimate of drug-likeness (QED) is 0.271. The van der Waals surface area contributed by atoms with Gasteiger partial charge in [-0.3, -0.25) is 9.89 Å². The molecule has 1 saturated heterocycles. The summed E-state index contributed by atoms with van der Waals surface area (Å²) in [5.41, 5.74) is 0.701. The molecule has 0 amide bonds. The molecule has 9 heteroatoms. The van der Waals surface area contributed by atoms with Crippen LogP contribution >= 0.6 is 24.0 Å². The second-order valence-electron chi connectivity index (χ2n) is 6.64. The van der Waals surface area contributed by atoms with Gasteiger partial charge < -0.3 is 10.6 Å². The van der Waals surface area contributed by atoms with Crippen LogP contribution in [0, 0.1) is 11.6 Å². The summed E-state index contributed by atoms with van der Waals surface area (Å²) in [6.45, 7) is 3.50. The van der Waals surface area contributed by atoms with Gasteiger partial charge in [-0.1, -0.05) is 13.0 Å². The Kier molecular flexibility index (Phi) is 10.4. The van der Waals surface area contributed by atoms with Gasteiger partial charge in [0.15, 0.2) is 17.6 Å². The Morgan fingerprint density at radius 2 is 1.89 bits per heavy atom. The Balaban J connectivity index is 0.00000364. The van der Waals surface area contributed by atoms with Crippen molar-refractivity contribution in [2.24, 2.45) is 4.99 Å². The molecule has 154 valence electrons. The molecule has 1 aromatic carbocycles. The van der Waals surface area contributed by atoms with Gasteiger partial charge in [-0.2, -0.15) is 0 Å². The van der Waals surface area contributed by atoms with Crippen molar-refractivity contribution in [3.63, 3.8) is 0 Å². The molecule has 0 aromatic heterocycles. The van der Waals surface area contributed by atoms with Gasteiger partial charge in [-0.15, -0.1) is 24.0 Å². The number of hydrogen-bond donors (Lipinski definition) is 2. The Hall–Kier alpha value is -1.10. The summed E-state index contributed by atoms with van der Waals surface area (Å²) < 4.78 is 51.2. The second-order valence-corrected chi connectivity index (χ2v) is 6.64.